The summed E-state index contributed by atoms with van der Waals surface area (Å²) in [5.41, 5.74) is 9.81. The number of fused-ring (bicyclic) bond motifs is 1. The number of aryl methyl sites for hydroxylation is 2. The number of hydrogen-bond donors (Lipinski definition) is 1. The lowest BCUT2D eigenvalue weighted by Gasteiger charge is -2.06. The molecular weight excluding hydrogens is 198 g/mol. The quantitative estimate of drug-likeness (QED) is 0.854. The molecule has 1 aromatic heterocycles. The van der Waals surface area contributed by atoms with Crippen LogP contribution in [0.15, 0.2) is 28.9 Å². The van der Waals surface area contributed by atoms with Gasteiger partial charge in [-0.25, -0.2) is 0 Å². The minimum Gasteiger partial charge on any atom is -0.464 e. The van der Waals surface area contributed by atoms with E-state index < -0.39 is 0 Å². The van der Waals surface area contributed by atoms with Gasteiger partial charge in [0.25, 0.3) is 0 Å². The highest BCUT2D eigenvalue weighted by Crippen LogP contribution is 2.37. The number of nitrogens with two attached hydrogens (primary N) is 1. The van der Waals surface area contributed by atoms with Crippen molar-refractivity contribution in [3.63, 3.8) is 0 Å². The van der Waals surface area contributed by atoms with Gasteiger partial charge in [0.1, 0.15) is 5.58 Å². The van der Waals surface area contributed by atoms with Crippen LogP contribution < -0.4 is 5.73 Å². The Morgan fingerprint density at radius 3 is 2.94 bits per heavy atom. The molecule has 0 amide bonds. The van der Waals surface area contributed by atoms with Crippen molar-refractivity contribution < 1.29 is 4.42 Å². The monoisotopic (exact) mass is 215 g/mol. The van der Waals surface area contributed by atoms with E-state index in [2.05, 4.69) is 19.1 Å². The average Bonchev–Trinajstić information content (AvgIpc) is 2.87. The van der Waals surface area contributed by atoms with Gasteiger partial charge in [-0.3, -0.25) is 0 Å². The summed E-state index contributed by atoms with van der Waals surface area (Å²) in [5, 5.41) is 1.25. The zero-order valence-electron chi connectivity index (χ0n) is 9.62. The van der Waals surface area contributed by atoms with Crippen LogP contribution in [0.2, 0.25) is 0 Å². The summed E-state index contributed by atoms with van der Waals surface area (Å²) in [7, 11) is 0. The number of benzene rings is 1. The molecule has 2 aromatic rings. The normalized spacial score (nSPS) is 17.9. The zero-order valence-corrected chi connectivity index (χ0v) is 9.62. The van der Waals surface area contributed by atoms with Crippen LogP contribution in [-0.4, -0.2) is 5.54 Å². The second-order valence-corrected chi connectivity index (χ2v) is 5.12. The summed E-state index contributed by atoms with van der Waals surface area (Å²) in [4.78, 5) is 0. The van der Waals surface area contributed by atoms with Gasteiger partial charge in [0, 0.05) is 10.9 Å². The average molecular weight is 215 g/mol. The number of furan rings is 1. The van der Waals surface area contributed by atoms with Crippen LogP contribution in [0.25, 0.3) is 11.0 Å². The Morgan fingerprint density at radius 2 is 2.19 bits per heavy atom. The Morgan fingerprint density at radius 1 is 1.38 bits per heavy atom. The van der Waals surface area contributed by atoms with Crippen LogP contribution in [0.4, 0.5) is 0 Å². The van der Waals surface area contributed by atoms with Crippen molar-refractivity contribution in [3.8, 4) is 0 Å². The second-order valence-electron chi connectivity index (χ2n) is 5.12. The van der Waals surface area contributed by atoms with Crippen molar-refractivity contribution in [2.75, 3.05) is 0 Å². The summed E-state index contributed by atoms with van der Waals surface area (Å²) in [6.07, 6.45) is 6.36. The van der Waals surface area contributed by atoms with Gasteiger partial charge in [-0.2, -0.15) is 0 Å². The van der Waals surface area contributed by atoms with Crippen molar-refractivity contribution in [1.82, 2.24) is 0 Å². The summed E-state index contributed by atoms with van der Waals surface area (Å²) < 4.78 is 5.55. The molecule has 1 heterocycles. The first-order valence-corrected chi connectivity index (χ1v) is 5.92. The summed E-state index contributed by atoms with van der Waals surface area (Å²) >= 11 is 0. The highest BCUT2D eigenvalue weighted by molar-refractivity contribution is 5.81. The molecule has 1 aromatic carbocycles. The fourth-order valence-corrected chi connectivity index (χ4v) is 2.18. The maximum atomic E-state index is 6.11. The van der Waals surface area contributed by atoms with E-state index in [1.807, 2.05) is 12.3 Å². The first-order chi connectivity index (χ1) is 7.66. The fourth-order valence-electron chi connectivity index (χ4n) is 2.18. The largest absolute Gasteiger partial charge is 0.464 e. The molecule has 1 fully saturated rings. The van der Waals surface area contributed by atoms with Crippen LogP contribution >= 0.6 is 0 Å². The topological polar surface area (TPSA) is 39.2 Å². The van der Waals surface area contributed by atoms with E-state index in [0.29, 0.717) is 0 Å². The van der Waals surface area contributed by atoms with E-state index in [1.165, 1.54) is 29.4 Å². The third kappa shape index (κ3) is 1.74. The Balaban J connectivity index is 1.88. The highest BCUT2D eigenvalue weighted by atomic mass is 16.3. The van der Waals surface area contributed by atoms with Crippen molar-refractivity contribution >= 4 is 11.0 Å². The molecule has 0 aliphatic heterocycles. The summed E-state index contributed by atoms with van der Waals surface area (Å²) in [6.45, 7) is 2.11. The van der Waals surface area contributed by atoms with E-state index >= 15 is 0 Å². The third-order valence-electron chi connectivity index (χ3n) is 3.59. The van der Waals surface area contributed by atoms with Crippen molar-refractivity contribution in [2.24, 2.45) is 5.73 Å². The molecule has 84 valence electrons. The molecule has 0 bridgehead atoms. The van der Waals surface area contributed by atoms with Crippen molar-refractivity contribution in [3.05, 3.63) is 35.6 Å². The van der Waals surface area contributed by atoms with Gasteiger partial charge in [0.05, 0.1) is 6.26 Å². The fraction of sp³-hybridized carbons (Fsp3) is 0.429. The standard InChI is InChI=1S/C14H17NO/c1-10-2-3-13-12(8-10)11(9-16-13)4-5-14(15)6-7-14/h2-3,8-9H,4-7,15H2,1H3. The van der Waals surface area contributed by atoms with E-state index in [1.54, 1.807) is 0 Å². The molecule has 2 N–H and O–H groups in total. The lowest BCUT2D eigenvalue weighted by atomic mass is 10.0. The van der Waals surface area contributed by atoms with Gasteiger partial charge in [-0.1, -0.05) is 11.6 Å². The molecule has 1 saturated carbocycles. The molecule has 2 nitrogen and oxygen atoms in total. The Kier molecular flexibility index (Phi) is 2.08. The maximum Gasteiger partial charge on any atom is 0.134 e. The van der Waals surface area contributed by atoms with E-state index in [9.17, 15) is 0 Å². The molecule has 0 spiro atoms. The molecule has 2 heteroatoms. The van der Waals surface area contributed by atoms with Crippen LogP contribution in [0.1, 0.15) is 30.4 Å². The predicted octanol–water partition coefficient (Wildman–Crippen LogP) is 3.17. The lowest BCUT2D eigenvalue weighted by molar-refractivity contribution is 0.588. The molecule has 3 rings (SSSR count). The van der Waals surface area contributed by atoms with Crippen molar-refractivity contribution in [2.45, 2.75) is 38.1 Å². The predicted molar refractivity (Wildman–Crippen MR) is 65.4 cm³/mol. The first kappa shape index (κ1) is 9.91. The zero-order chi connectivity index (χ0) is 11.2. The third-order valence-corrected chi connectivity index (χ3v) is 3.59. The van der Waals surface area contributed by atoms with Gasteiger partial charge in [-0.05, 0) is 50.3 Å². The van der Waals surface area contributed by atoms with Crippen molar-refractivity contribution in [1.29, 1.82) is 0 Å². The van der Waals surface area contributed by atoms with Crippen LogP contribution in [0.3, 0.4) is 0 Å². The van der Waals surface area contributed by atoms with Gasteiger partial charge >= 0.3 is 0 Å². The van der Waals surface area contributed by atoms with E-state index in [4.69, 9.17) is 10.2 Å². The summed E-state index contributed by atoms with van der Waals surface area (Å²) in [5.74, 6) is 0. The van der Waals surface area contributed by atoms with E-state index in [0.717, 1.165) is 18.4 Å². The molecule has 1 aliphatic carbocycles. The van der Waals surface area contributed by atoms with Crippen LogP contribution in [-0.2, 0) is 6.42 Å². The lowest BCUT2D eigenvalue weighted by Crippen LogP contribution is -2.21. The maximum absolute atomic E-state index is 6.11. The highest BCUT2D eigenvalue weighted by Gasteiger charge is 2.37. The molecular formula is C14H17NO. The summed E-state index contributed by atoms with van der Waals surface area (Å²) in [6, 6.07) is 6.33. The molecule has 16 heavy (non-hydrogen) atoms. The smallest absolute Gasteiger partial charge is 0.134 e. The Labute approximate surface area is 95.4 Å². The molecule has 1 aliphatic rings. The molecule has 0 atom stereocenters. The first-order valence-electron chi connectivity index (χ1n) is 5.92. The number of hydrogen-bond acceptors (Lipinski definition) is 2. The van der Waals surface area contributed by atoms with Crippen LogP contribution in [0.5, 0.6) is 0 Å². The molecule has 0 radical (unpaired) electrons. The molecule has 0 saturated heterocycles. The molecule has 0 unspecified atom stereocenters. The van der Waals surface area contributed by atoms with E-state index in [-0.39, 0.29) is 5.54 Å². The minimum absolute atomic E-state index is 0.132. The SMILES string of the molecule is Cc1ccc2occ(CCC3(N)CC3)c2c1. The van der Waals surface area contributed by atoms with Gasteiger partial charge in [0.2, 0.25) is 0 Å². The Bertz CT molecular complexity index is 523. The van der Waals surface area contributed by atoms with Gasteiger partial charge < -0.3 is 10.2 Å². The Hall–Kier alpha value is -1.28. The van der Waals surface area contributed by atoms with Crippen LogP contribution in [0, 0.1) is 6.92 Å². The second kappa shape index (κ2) is 3.36. The van der Waals surface area contributed by atoms with Gasteiger partial charge in [0.15, 0.2) is 0 Å². The number of rotatable bonds is 3. The van der Waals surface area contributed by atoms with Gasteiger partial charge in [-0.15, -0.1) is 0 Å². The minimum atomic E-state index is 0.132.